The molecule has 6 aliphatic rings. The number of rotatable bonds is 5. The highest BCUT2D eigenvalue weighted by molar-refractivity contribution is 5.66. The molecule has 0 aromatic rings. The number of methoxy groups -OCH3 is 2. The molecule has 180 valence electrons. The first-order valence-electron chi connectivity index (χ1n) is 12.6. The van der Waals surface area contributed by atoms with E-state index in [1.54, 1.807) is 14.2 Å². The Balaban J connectivity index is 1.56. The molecule has 5 saturated carbocycles. The number of fused-ring (bicyclic) bond motifs is 2. The lowest BCUT2D eigenvalue weighted by atomic mass is 9.43. The Morgan fingerprint density at radius 2 is 2.00 bits per heavy atom. The van der Waals surface area contributed by atoms with Gasteiger partial charge in [-0.3, -0.25) is 9.69 Å². The maximum absolute atomic E-state index is 12.5. The van der Waals surface area contributed by atoms with Gasteiger partial charge >= 0.3 is 5.97 Å². The van der Waals surface area contributed by atoms with Crippen LogP contribution in [0.1, 0.15) is 46.0 Å². The van der Waals surface area contributed by atoms with Crippen molar-refractivity contribution in [2.24, 2.45) is 40.4 Å². The molecule has 7 nitrogen and oxygen atoms in total. The number of aliphatic hydroxyl groups excluding tert-OH is 1. The SMILES string of the molecule is CCN1C[C@]2(COC)CC[C@H](O)[C@@]34C5C[C@@H]6[C@@H](OC)C[C@@](O)(C5[C@H]6OC(C)=O)[C@@H](CC23)C14. The fourth-order valence-electron chi connectivity index (χ4n) is 10.7. The molecule has 7 bridgehead atoms. The van der Waals surface area contributed by atoms with Gasteiger partial charge in [0, 0.05) is 68.7 Å². The van der Waals surface area contributed by atoms with Crippen molar-refractivity contribution >= 4 is 5.97 Å². The number of likely N-dealkylation sites (tertiary alicyclic amines) is 1. The van der Waals surface area contributed by atoms with Crippen LogP contribution in [0.4, 0.5) is 0 Å². The number of carbonyl (C=O) groups is 1. The first-order valence-corrected chi connectivity index (χ1v) is 12.6. The summed E-state index contributed by atoms with van der Waals surface area (Å²) in [6, 6.07) is 0.163. The molecule has 5 aliphatic carbocycles. The van der Waals surface area contributed by atoms with Crippen LogP contribution in [0.15, 0.2) is 0 Å². The van der Waals surface area contributed by atoms with E-state index in [4.69, 9.17) is 14.2 Å². The minimum Gasteiger partial charge on any atom is -0.462 e. The number of nitrogens with zero attached hydrogens (tertiary/aromatic N) is 1. The number of ether oxygens (including phenoxy) is 3. The van der Waals surface area contributed by atoms with Gasteiger partial charge in [0.25, 0.3) is 0 Å². The molecule has 4 unspecified atom stereocenters. The van der Waals surface area contributed by atoms with Crippen LogP contribution < -0.4 is 0 Å². The Hall–Kier alpha value is -0.730. The molecule has 1 spiro atoms. The molecular formula is C25H39NO6. The quantitative estimate of drug-likeness (QED) is 0.614. The molecule has 1 saturated heterocycles. The summed E-state index contributed by atoms with van der Waals surface area (Å²) < 4.78 is 17.7. The molecular weight excluding hydrogens is 410 g/mol. The number of hydrogen-bond acceptors (Lipinski definition) is 7. The zero-order valence-corrected chi connectivity index (χ0v) is 19.8. The van der Waals surface area contributed by atoms with Crippen LogP contribution in [-0.2, 0) is 19.0 Å². The average Bonchev–Trinajstić information content (AvgIpc) is 3.20. The third-order valence-corrected chi connectivity index (χ3v) is 11.2. The minimum absolute atomic E-state index is 0.0138. The van der Waals surface area contributed by atoms with Crippen LogP contribution in [-0.4, -0.2) is 85.0 Å². The van der Waals surface area contributed by atoms with Crippen molar-refractivity contribution in [3.8, 4) is 0 Å². The predicted molar refractivity (Wildman–Crippen MR) is 116 cm³/mol. The topological polar surface area (TPSA) is 88.5 Å². The summed E-state index contributed by atoms with van der Waals surface area (Å²) in [5, 5.41) is 24.4. The molecule has 0 aromatic heterocycles. The predicted octanol–water partition coefficient (Wildman–Crippen LogP) is 1.45. The molecule has 0 radical (unpaired) electrons. The standard InChI is InChI=1S/C25H39NO6/c1-5-26-11-23(12-30-3)7-6-19(28)25-15-8-14-17(31-4)10-24(29,16(22(25)26)9-18(23)25)20(15)21(14)32-13(2)27/h14-22,28-29H,5-12H2,1-4H3/t14-,15?,16+,17+,18?,19+,20?,21+,22?,23+,24+,25-/m1/s1. The Morgan fingerprint density at radius 3 is 2.66 bits per heavy atom. The van der Waals surface area contributed by atoms with Gasteiger partial charge in [-0.25, -0.2) is 0 Å². The highest BCUT2D eigenvalue weighted by Gasteiger charge is 2.83. The molecule has 1 heterocycles. The second-order valence-electron chi connectivity index (χ2n) is 11.8. The van der Waals surface area contributed by atoms with Gasteiger partial charge in [0.05, 0.1) is 24.4 Å². The first kappa shape index (κ1) is 21.8. The zero-order valence-electron chi connectivity index (χ0n) is 19.8. The van der Waals surface area contributed by atoms with Gasteiger partial charge in [-0.05, 0) is 44.1 Å². The molecule has 2 N–H and O–H groups in total. The normalized spacial score (nSPS) is 57.5. The van der Waals surface area contributed by atoms with Crippen LogP contribution in [0, 0.1) is 40.4 Å². The highest BCUT2D eigenvalue weighted by Crippen LogP contribution is 2.79. The monoisotopic (exact) mass is 449 g/mol. The van der Waals surface area contributed by atoms with Crippen molar-refractivity contribution in [1.82, 2.24) is 4.90 Å². The largest absolute Gasteiger partial charge is 0.462 e. The summed E-state index contributed by atoms with van der Waals surface area (Å²) in [4.78, 5) is 14.7. The van der Waals surface area contributed by atoms with Crippen molar-refractivity contribution < 1.29 is 29.2 Å². The number of carbonyl (C=O) groups excluding carboxylic acids is 1. The summed E-state index contributed by atoms with van der Waals surface area (Å²) >= 11 is 0. The number of hydrogen-bond donors (Lipinski definition) is 2. The van der Waals surface area contributed by atoms with E-state index in [2.05, 4.69) is 11.8 Å². The van der Waals surface area contributed by atoms with Gasteiger partial charge in [-0.15, -0.1) is 0 Å². The molecule has 7 heteroatoms. The Morgan fingerprint density at radius 1 is 1.22 bits per heavy atom. The summed E-state index contributed by atoms with van der Waals surface area (Å²) in [6.07, 6.45) is 3.27. The molecule has 0 aromatic carbocycles. The molecule has 0 amide bonds. The van der Waals surface area contributed by atoms with E-state index in [1.165, 1.54) is 6.92 Å². The fourth-order valence-corrected chi connectivity index (χ4v) is 10.7. The smallest absolute Gasteiger partial charge is 0.302 e. The lowest BCUT2D eigenvalue weighted by Gasteiger charge is -2.69. The van der Waals surface area contributed by atoms with Gasteiger partial charge in [0.15, 0.2) is 0 Å². The van der Waals surface area contributed by atoms with Crippen LogP contribution >= 0.6 is 0 Å². The number of esters is 1. The minimum atomic E-state index is -0.942. The molecule has 1 aliphatic heterocycles. The van der Waals surface area contributed by atoms with E-state index in [0.717, 1.165) is 38.8 Å². The lowest BCUT2D eigenvalue weighted by Crippen LogP contribution is -2.76. The molecule has 32 heavy (non-hydrogen) atoms. The second kappa shape index (κ2) is 6.91. The number of piperidine rings is 1. The van der Waals surface area contributed by atoms with Crippen LogP contribution in [0.5, 0.6) is 0 Å². The van der Waals surface area contributed by atoms with Crippen molar-refractivity contribution in [2.45, 2.75) is 75.9 Å². The van der Waals surface area contributed by atoms with E-state index in [9.17, 15) is 15.0 Å². The van der Waals surface area contributed by atoms with Crippen LogP contribution in [0.2, 0.25) is 0 Å². The number of aliphatic hydroxyl groups is 2. The van der Waals surface area contributed by atoms with Crippen molar-refractivity contribution in [2.75, 3.05) is 33.9 Å². The van der Waals surface area contributed by atoms with Crippen LogP contribution in [0.3, 0.4) is 0 Å². The van der Waals surface area contributed by atoms with Gasteiger partial charge in [-0.2, -0.15) is 0 Å². The fraction of sp³-hybridized carbons (Fsp3) is 0.960. The summed E-state index contributed by atoms with van der Waals surface area (Å²) in [5.74, 6) is 0.164. The van der Waals surface area contributed by atoms with Crippen LogP contribution in [0.25, 0.3) is 0 Å². The van der Waals surface area contributed by atoms with Gasteiger partial charge in [0.2, 0.25) is 0 Å². The average molecular weight is 450 g/mol. The highest BCUT2D eigenvalue weighted by atomic mass is 16.5. The van der Waals surface area contributed by atoms with Crippen molar-refractivity contribution in [1.29, 1.82) is 0 Å². The van der Waals surface area contributed by atoms with Crippen molar-refractivity contribution in [3.63, 3.8) is 0 Å². The van der Waals surface area contributed by atoms with E-state index in [-0.39, 0.29) is 58.7 Å². The van der Waals surface area contributed by atoms with E-state index in [1.807, 2.05) is 0 Å². The molecule has 6 rings (SSSR count). The summed E-state index contributed by atoms with van der Waals surface area (Å²) in [7, 11) is 3.51. The van der Waals surface area contributed by atoms with E-state index >= 15 is 0 Å². The van der Waals surface area contributed by atoms with Gasteiger partial charge < -0.3 is 24.4 Å². The molecule has 12 atom stereocenters. The Kier molecular flexibility index (Phi) is 4.70. The third-order valence-electron chi connectivity index (χ3n) is 11.2. The maximum Gasteiger partial charge on any atom is 0.302 e. The Bertz CT molecular complexity index is 807. The maximum atomic E-state index is 12.5. The van der Waals surface area contributed by atoms with E-state index in [0.29, 0.717) is 18.9 Å². The first-order chi connectivity index (χ1) is 15.3. The lowest BCUT2D eigenvalue weighted by molar-refractivity contribution is -0.274. The third kappa shape index (κ3) is 2.28. The Labute approximate surface area is 190 Å². The van der Waals surface area contributed by atoms with E-state index < -0.39 is 11.7 Å². The van der Waals surface area contributed by atoms with Crippen molar-refractivity contribution in [3.05, 3.63) is 0 Å². The summed E-state index contributed by atoms with van der Waals surface area (Å²) in [6.45, 7) is 6.27. The zero-order chi connectivity index (χ0) is 22.6. The van der Waals surface area contributed by atoms with Gasteiger partial charge in [-0.1, -0.05) is 6.92 Å². The van der Waals surface area contributed by atoms with Gasteiger partial charge in [0.1, 0.15) is 6.10 Å². The summed E-state index contributed by atoms with van der Waals surface area (Å²) in [5.41, 5.74) is -1.20. The second-order valence-corrected chi connectivity index (χ2v) is 11.8. The molecule has 6 fully saturated rings.